The third kappa shape index (κ3) is 5.29. The molecule has 0 unspecified atom stereocenters. The summed E-state index contributed by atoms with van der Waals surface area (Å²) in [6.07, 6.45) is 0. The molecule has 0 amide bonds. The molecule has 0 aliphatic rings. The summed E-state index contributed by atoms with van der Waals surface area (Å²) in [5, 5.41) is 4.48. The Bertz CT molecular complexity index is 3130. The largest absolute Gasteiger partial charge is 0.454 e. The number of fused-ring (bicyclic) bond motifs is 6. The van der Waals surface area contributed by atoms with Gasteiger partial charge in [0.25, 0.3) is 0 Å². The molecule has 262 valence electrons. The molecule has 0 saturated heterocycles. The highest BCUT2D eigenvalue weighted by Gasteiger charge is 2.22. The standard InChI is InChI=1S/C51H32N4O/c1-4-15-33(16-5-1)36-21-14-22-37(31-36)39-29-30-45(55-43-25-12-10-23-40(43)41-24-11-13-26-44(41)55)48-47(39)42-28-27-38(32-46(42)56-48)51-53-49(34-17-6-2-7-18-34)52-50(54-51)35-19-8-3-9-20-35/h1-32H. The van der Waals surface area contributed by atoms with Gasteiger partial charge in [-0.2, -0.15) is 0 Å². The Morgan fingerprint density at radius 1 is 0.357 bits per heavy atom. The van der Waals surface area contributed by atoms with Crippen LogP contribution >= 0.6 is 0 Å². The van der Waals surface area contributed by atoms with E-state index in [1.807, 2.05) is 60.7 Å². The van der Waals surface area contributed by atoms with Crippen molar-refractivity contribution < 1.29 is 4.42 Å². The quantitative estimate of drug-likeness (QED) is 0.172. The molecule has 56 heavy (non-hydrogen) atoms. The molecule has 11 rings (SSSR count). The molecule has 0 radical (unpaired) electrons. The molecule has 11 aromatic rings. The van der Waals surface area contributed by atoms with Crippen LogP contribution in [0.1, 0.15) is 0 Å². The molecule has 0 aliphatic carbocycles. The van der Waals surface area contributed by atoms with E-state index in [-0.39, 0.29) is 0 Å². The first-order chi connectivity index (χ1) is 27.8. The van der Waals surface area contributed by atoms with Crippen molar-refractivity contribution in [2.75, 3.05) is 0 Å². The van der Waals surface area contributed by atoms with Crippen LogP contribution in [-0.2, 0) is 0 Å². The van der Waals surface area contributed by atoms with Gasteiger partial charge in [0.2, 0.25) is 0 Å². The second-order valence-corrected chi connectivity index (χ2v) is 14.0. The minimum atomic E-state index is 0.582. The van der Waals surface area contributed by atoms with Gasteiger partial charge in [-0.15, -0.1) is 0 Å². The maximum atomic E-state index is 7.08. The van der Waals surface area contributed by atoms with Gasteiger partial charge in [-0.1, -0.05) is 158 Å². The van der Waals surface area contributed by atoms with Crippen LogP contribution in [-0.4, -0.2) is 19.5 Å². The van der Waals surface area contributed by atoms with Crippen LogP contribution < -0.4 is 0 Å². The summed E-state index contributed by atoms with van der Waals surface area (Å²) >= 11 is 0. The summed E-state index contributed by atoms with van der Waals surface area (Å²) in [4.78, 5) is 15.0. The third-order valence-corrected chi connectivity index (χ3v) is 10.7. The van der Waals surface area contributed by atoms with Gasteiger partial charge in [0.1, 0.15) is 5.58 Å². The minimum absolute atomic E-state index is 0.582. The highest BCUT2D eigenvalue weighted by Crippen LogP contribution is 2.43. The first-order valence-electron chi connectivity index (χ1n) is 18.8. The van der Waals surface area contributed by atoms with Gasteiger partial charge in [-0.3, -0.25) is 0 Å². The van der Waals surface area contributed by atoms with Crippen molar-refractivity contribution in [3.8, 4) is 62.1 Å². The number of rotatable bonds is 6. The first kappa shape index (κ1) is 31.9. The normalized spacial score (nSPS) is 11.6. The molecule has 3 aromatic heterocycles. The van der Waals surface area contributed by atoms with Crippen LogP contribution in [0.4, 0.5) is 0 Å². The van der Waals surface area contributed by atoms with Crippen molar-refractivity contribution in [2.45, 2.75) is 0 Å². The summed E-state index contributed by atoms with van der Waals surface area (Å²) in [5.41, 5.74) is 12.1. The summed E-state index contributed by atoms with van der Waals surface area (Å²) in [6.45, 7) is 0. The van der Waals surface area contributed by atoms with Crippen LogP contribution in [0.2, 0.25) is 0 Å². The summed E-state index contributed by atoms with van der Waals surface area (Å²) in [7, 11) is 0. The second kappa shape index (κ2) is 13.0. The Morgan fingerprint density at radius 3 is 1.50 bits per heavy atom. The van der Waals surface area contributed by atoms with Crippen LogP contribution in [0.25, 0.3) is 106 Å². The first-order valence-corrected chi connectivity index (χ1v) is 18.8. The van der Waals surface area contributed by atoms with Crippen LogP contribution in [0, 0.1) is 0 Å². The van der Waals surface area contributed by atoms with E-state index < -0.39 is 0 Å². The number of furan rings is 1. The molecule has 0 saturated carbocycles. The molecule has 5 nitrogen and oxygen atoms in total. The highest BCUT2D eigenvalue weighted by molar-refractivity contribution is 6.17. The van der Waals surface area contributed by atoms with Crippen molar-refractivity contribution in [3.05, 3.63) is 194 Å². The average Bonchev–Trinajstić information content (AvgIpc) is 3.83. The van der Waals surface area contributed by atoms with Crippen LogP contribution in [0.15, 0.2) is 199 Å². The summed E-state index contributed by atoms with van der Waals surface area (Å²) in [5.74, 6) is 1.82. The van der Waals surface area contributed by atoms with E-state index in [2.05, 4.69) is 138 Å². The fraction of sp³-hybridized carbons (Fsp3) is 0. The van der Waals surface area contributed by atoms with E-state index >= 15 is 0 Å². The predicted octanol–water partition coefficient (Wildman–Crippen LogP) is 13.2. The molecule has 0 fully saturated rings. The summed E-state index contributed by atoms with van der Waals surface area (Å²) in [6, 6.07) is 67.4. The number of hydrogen-bond acceptors (Lipinski definition) is 4. The maximum absolute atomic E-state index is 7.08. The van der Waals surface area contributed by atoms with E-state index in [1.54, 1.807) is 0 Å². The van der Waals surface area contributed by atoms with Gasteiger partial charge in [0.05, 0.1) is 16.7 Å². The lowest BCUT2D eigenvalue weighted by Crippen LogP contribution is -2.00. The van der Waals surface area contributed by atoms with Gasteiger partial charge < -0.3 is 8.98 Å². The zero-order valence-corrected chi connectivity index (χ0v) is 30.2. The zero-order chi connectivity index (χ0) is 37.0. The topological polar surface area (TPSA) is 56.7 Å². The maximum Gasteiger partial charge on any atom is 0.164 e. The van der Waals surface area contributed by atoms with Gasteiger partial charge >= 0.3 is 0 Å². The monoisotopic (exact) mass is 716 g/mol. The number of para-hydroxylation sites is 2. The molecule has 5 heteroatoms. The Hall–Kier alpha value is -7.63. The zero-order valence-electron chi connectivity index (χ0n) is 30.2. The van der Waals surface area contributed by atoms with Crippen molar-refractivity contribution in [1.29, 1.82) is 0 Å². The number of hydrogen-bond donors (Lipinski definition) is 0. The van der Waals surface area contributed by atoms with Crippen molar-refractivity contribution >= 4 is 43.7 Å². The number of nitrogens with zero attached hydrogens (tertiary/aromatic N) is 4. The average molecular weight is 717 g/mol. The smallest absolute Gasteiger partial charge is 0.164 e. The van der Waals surface area contributed by atoms with E-state index in [9.17, 15) is 0 Å². The molecule has 3 heterocycles. The second-order valence-electron chi connectivity index (χ2n) is 14.0. The Labute approximate surface area is 322 Å². The fourth-order valence-electron chi connectivity index (χ4n) is 8.04. The van der Waals surface area contributed by atoms with Gasteiger partial charge in [0.15, 0.2) is 23.1 Å². The van der Waals surface area contributed by atoms with Crippen molar-refractivity contribution in [2.24, 2.45) is 0 Å². The Kier molecular flexibility index (Phi) is 7.42. The predicted molar refractivity (Wildman–Crippen MR) is 229 cm³/mol. The lowest BCUT2D eigenvalue weighted by molar-refractivity contribution is 0.666. The highest BCUT2D eigenvalue weighted by atomic mass is 16.3. The van der Waals surface area contributed by atoms with Gasteiger partial charge in [0, 0.05) is 38.2 Å². The molecule has 0 spiro atoms. The Morgan fingerprint density at radius 2 is 0.875 bits per heavy atom. The number of aromatic nitrogens is 4. The van der Waals surface area contributed by atoms with E-state index in [0.717, 1.165) is 72.0 Å². The molecular weight excluding hydrogens is 685 g/mol. The van der Waals surface area contributed by atoms with E-state index in [0.29, 0.717) is 17.5 Å². The lowest BCUT2D eigenvalue weighted by Gasteiger charge is -2.12. The third-order valence-electron chi connectivity index (χ3n) is 10.7. The SMILES string of the molecule is c1ccc(-c2cccc(-c3ccc(-n4c5ccccc5c5ccccc54)c4oc5cc(-c6nc(-c7ccccc7)nc(-c7ccccc7)n6)ccc5c34)c2)cc1. The van der Waals surface area contributed by atoms with E-state index in [1.165, 1.54) is 16.3 Å². The molecule has 0 aliphatic heterocycles. The fourth-order valence-corrected chi connectivity index (χ4v) is 8.04. The molecule has 0 N–H and O–H groups in total. The molecule has 8 aromatic carbocycles. The summed E-state index contributed by atoms with van der Waals surface area (Å²) < 4.78 is 9.42. The van der Waals surface area contributed by atoms with Crippen LogP contribution in [0.3, 0.4) is 0 Å². The molecular formula is C51H32N4O. The van der Waals surface area contributed by atoms with Crippen molar-refractivity contribution in [3.63, 3.8) is 0 Å². The lowest BCUT2D eigenvalue weighted by atomic mass is 9.95. The van der Waals surface area contributed by atoms with Crippen molar-refractivity contribution in [1.82, 2.24) is 19.5 Å². The Balaban J connectivity index is 1.17. The van der Waals surface area contributed by atoms with E-state index in [4.69, 9.17) is 19.4 Å². The van der Waals surface area contributed by atoms with Crippen LogP contribution in [0.5, 0.6) is 0 Å². The van der Waals surface area contributed by atoms with Gasteiger partial charge in [-0.25, -0.2) is 15.0 Å². The molecule has 0 atom stereocenters. The molecule has 0 bridgehead atoms. The minimum Gasteiger partial charge on any atom is -0.454 e. The number of benzene rings is 8. The van der Waals surface area contributed by atoms with Gasteiger partial charge in [-0.05, 0) is 58.7 Å².